The number of imidazole rings is 1. The van der Waals surface area contributed by atoms with Crippen LogP contribution in [0.3, 0.4) is 0 Å². The van der Waals surface area contributed by atoms with Gasteiger partial charge >= 0.3 is 0 Å². The Morgan fingerprint density at radius 1 is 0.964 bits per heavy atom. The average Bonchev–Trinajstić information content (AvgIpc) is 3.11. The Hall–Kier alpha value is -2.89. The van der Waals surface area contributed by atoms with Gasteiger partial charge in [-0.25, -0.2) is 9.37 Å². The maximum Gasteiger partial charge on any atom is 0.124 e. The van der Waals surface area contributed by atoms with E-state index in [2.05, 4.69) is 15.3 Å². The molecule has 4 aromatic rings. The van der Waals surface area contributed by atoms with Crippen LogP contribution in [0.5, 0.6) is 5.75 Å². The first kappa shape index (κ1) is 18.5. The predicted octanol–water partition coefficient (Wildman–Crippen LogP) is 5.22. The SMILES string of the molecule is Fc1ccc(COc2ccccc2CNCc2nc3ccccc3[nH]2)c(Cl)c1. The van der Waals surface area contributed by atoms with Crippen molar-refractivity contribution in [3.05, 3.63) is 94.5 Å². The number of ether oxygens (including phenoxy) is 1. The van der Waals surface area contributed by atoms with Gasteiger partial charge in [0.25, 0.3) is 0 Å². The summed E-state index contributed by atoms with van der Waals surface area (Å²) in [5.41, 5.74) is 3.75. The van der Waals surface area contributed by atoms with E-state index in [0.29, 0.717) is 18.1 Å². The predicted molar refractivity (Wildman–Crippen MR) is 109 cm³/mol. The van der Waals surface area contributed by atoms with Crippen LogP contribution in [-0.4, -0.2) is 9.97 Å². The third-order valence-corrected chi connectivity index (χ3v) is 4.77. The molecule has 3 aromatic carbocycles. The fourth-order valence-corrected chi connectivity index (χ4v) is 3.21. The van der Waals surface area contributed by atoms with E-state index in [1.54, 1.807) is 6.07 Å². The van der Waals surface area contributed by atoms with Crippen LogP contribution in [0.2, 0.25) is 5.02 Å². The molecular weight excluding hydrogens is 377 g/mol. The van der Waals surface area contributed by atoms with Crippen molar-refractivity contribution >= 4 is 22.6 Å². The van der Waals surface area contributed by atoms with E-state index < -0.39 is 0 Å². The molecule has 0 radical (unpaired) electrons. The number of nitrogens with one attached hydrogen (secondary N) is 2. The molecule has 0 saturated heterocycles. The summed E-state index contributed by atoms with van der Waals surface area (Å²) in [6, 6.07) is 20.1. The van der Waals surface area contributed by atoms with Crippen LogP contribution >= 0.6 is 11.6 Å². The van der Waals surface area contributed by atoms with Gasteiger partial charge in [-0.15, -0.1) is 0 Å². The number of fused-ring (bicyclic) bond motifs is 1. The van der Waals surface area contributed by atoms with Crippen molar-refractivity contribution < 1.29 is 9.13 Å². The average molecular weight is 396 g/mol. The van der Waals surface area contributed by atoms with Crippen LogP contribution < -0.4 is 10.1 Å². The van der Waals surface area contributed by atoms with Crippen LogP contribution in [0.4, 0.5) is 4.39 Å². The summed E-state index contributed by atoms with van der Waals surface area (Å²) in [5, 5.41) is 3.75. The first-order valence-corrected chi connectivity index (χ1v) is 9.36. The van der Waals surface area contributed by atoms with Gasteiger partial charge in [0.15, 0.2) is 0 Å². The molecule has 0 unspecified atom stereocenters. The summed E-state index contributed by atoms with van der Waals surface area (Å²) in [6.45, 7) is 1.52. The van der Waals surface area contributed by atoms with E-state index in [1.165, 1.54) is 12.1 Å². The van der Waals surface area contributed by atoms with Crippen molar-refractivity contribution in [3.8, 4) is 5.75 Å². The van der Waals surface area contributed by atoms with Crippen molar-refractivity contribution in [2.45, 2.75) is 19.7 Å². The van der Waals surface area contributed by atoms with Gasteiger partial charge in [-0.2, -0.15) is 0 Å². The van der Waals surface area contributed by atoms with E-state index >= 15 is 0 Å². The molecule has 0 aliphatic carbocycles. The number of hydrogen-bond donors (Lipinski definition) is 2. The number of para-hydroxylation sites is 3. The van der Waals surface area contributed by atoms with Gasteiger partial charge in [-0.1, -0.05) is 48.0 Å². The summed E-state index contributed by atoms with van der Waals surface area (Å²) < 4.78 is 19.1. The summed E-state index contributed by atoms with van der Waals surface area (Å²) in [6.07, 6.45) is 0. The zero-order chi connectivity index (χ0) is 19.3. The quantitative estimate of drug-likeness (QED) is 0.451. The Morgan fingerprint density at radius 2 is 1.79 bits per heavy atom. The first-order chi connectivity index (χ1) is 13.7. The molecule has 0 aliphatic rings. The number of halogens is 2. The largest absolute Gasteiger partial charge is 0.489 e. The Kier molecular flexibility index (Phi) is 5.55. The Balaban J connectivity index is 1.38. The van der Waals surface area contributed by atoms with Gasteiger partial charge in [-0.3, -0.25) is 0 Å². The fourth-order valence-electron chi connectivity index (χ4n) is 2.99. The number of nitrogens with zero attached hydrogens (tertiary/aromatic N) is 1. The highest BCUT2D eigenvalue weighted by atomic mass is 35.5. The molecule has 1 heterocycles. The number of aromatic amines is 1. The van der Waals surface area contributed by atoms with E-state index in [4.69, 9.17) is 16.3 Å². The molecule has 4 rings (SSSR count). The molecule has 0 atom stereocenters. The smallest absolute Gasteiger partial charge is 0.124 e. The van der Waals surface area contributed by atoms with Gasteiger partial charge < -0.3 is 15.0 Å². The van der Waals surface area contributed by atoms with Crippen molar-refractivity contribution in [2.24, 2.45) is 0 Å². The zero-order valence-corrected chi connectivity index (χ0v) is 15.8. The Morgan fingerprint density at radius 3 is 2.64 bits per heavy atom. The van der Waals surface area contributed by atoms with Gasteiger partial charge in [0.05, 0.1) is 22.6 Å². The lowest BCUT2D eigenvalue weighted by Gasteiger charge is -2.13. The highest BCUT2D eigenvalue weighted by molar-refractivity contribution is 6.31. The molecule has 0 aliphatic heterocycles. The molecule has 28 heavy (non-hydrogen) atoms. The lowest BCUT2D eigenvalue weighted by molar-refractivity contribution is 0.302. The number of rotatable bonds is 7. The van der Waals surface area contributed by atoms with Crippen LogP contribution in [0.15, 0.2) is 66.7 Å². The second-order valence-corrected chi connectivity index (χ2v) is 6.84. The second-order valence-electron chi connectivity index (χ2n) is 6.44. The number of aromatic nitrogens is 2. The van der Waals surface area contributed by atoms with Gasteiger partial charge in [-0.05, 0) is 30.3 Å². The maximum atomic E-state index is 13.2. The monoisotopic (exact) mass is 395 g/mol. The van der Waals surface area contributed by atoms with Crippen molar-refractivity contribution in [2.75, 3.05) is 0 Å². The third kappa shape index (κ3) is 4.32. The minimum atomic E-state index is -0.357. The van der Waals surface area contributed by atoms with Crippen molar-refractivity contribution in [3.63, 3.8) is 0 Å². The van der Waals surface area contributed by atoms with Crippen LogP contribution in [0.25, 0.3) is 11.0 Å². The maximum absolute atomic E-state index is 13.2. The van der Waals surface area contributed by atoms with E-state index in [9.17, 15) is 4.39 Å². The fraction of sp³-hybridized carbons (Fsp3) is 0.136. The minimum absolute atomic E-state index is 0.277. The lowest BCUT2D eigenvalue weighted by Crippen LogP contribution is -2.14. The van der Waals surface area contributed by atoms with Crippen molar-refractivity contribution in [1.29, 1.82) is 0 Å². The lowest BCUT2D eigenvalue weighted by atomic mass is 10.2. The molecule has 0 fully saturated rings. The minimum Gasteiger partial charge on any atom is -0.489 e. The number of benzene rings is 3. The van der Waals surface area contributed by atoms with Crippen LogP contribution in [0.1, 0.15) is 17.0 Å². The highest BCUT2D eigenvalue weighted by Crippen LogP contribution is 2.23. The highest BCUT2D eigenvalue weighted by Gasteiger charge is 2.07. The number of H-pyrrole nitrogens is 1. The van der Waals surface area contributed by atoms with E-state index in [1.807, 2.05) is 48.5 Å². The number of hydrogen-bond acceptors (Lipinski definition) is 3. The summed E-state index contributed by atoms with van der Waals surface area (Å²) >= 11 is 6.08. The Bertz CT molecular complexity index is 1060. The molecule has 1 aromatic heterocycles. The molecule has 0 saturated carbocycles. The normalized spacial score (nSPS) is 11.1. The Labute approximate surface area is 167 Å². The third-order valence-electron chi connectivity index (χ3n) is 4.42. The molecule has 0 spiro atoms. The van der Waals surface area contributed by atoms with E-state index in [-0.39, 0.29) is 12.4 Å². The van der Waals surface area contributed by atoms with Crippen LogP contribution in [-0.2, 0) is 19.7 Å². The zero-order valence-electron chi connectivity index (χ0n) is 15.1. The first-order valence-electron chi connectivity index (χ1n) is 8.98. The molecule has 0 amide bonds. The van der Waals surface area contributed by atoms with Crippen LogP contribution in [0, 0.1) is 5.82 Å². The molecular formula is C22H19ClFN3O. The molecule has 142 valence electrons. The van der Waals surface area contributed by atoms with Crippen molar-refractivity contribution in [1.82, 2.24) is 15.3 Å². The molecule has 6 heteroatoms. The summed E-state index contributed by atoms with van der Waals surface area (Å²) in [5.74, 6) is 1.29. The van der Waals surface area contributed by atoms with E-state index in [0.717, 1.165) is 33.7 Å². The standard InChI is InChI=1S/C22H19ClFN3O/c23-18-11-17(24)10-9-16(18)14-28-21-8-4-1-5-15(21)12-25-13-22-26-19-6-2-3-7-20(19)27-22/h1-11,25H,12-14H2,(H,26,27). The van der Waals surface area contributed by atoms with Gasteiger partial charge in [0.2, 0.25) is 0 Å². The molecule has 4 nitrogen and oxygen atoms in total. The van der Waals surface area contributed by atoms with Gasteiger partial charge in [0.1, 0.15) is 24.0 Å². The summed E-state index contributed by atoms with van der Waals surface area (Å²) in [7, 11) is 0. The molecule has 0 bridgehead atoms. The second kappa shape index (κ2) is 8.42. The van der Waals surface area contributed by atoms with Gasteiger partial charge in [0, 0.05) is 17.7 Å². The molecule has 2 N–H and O–H groups in total. The summed E-state index contributed by atoms with van der Waals surface area (Å²) in [4.78, 5) is 7.87. The topological polar surface area (TPSA) is 49.9 Å².